The molecule has 1 aliphatic carbocycles. The van der Waals surface area contributed by atoms with Gasteiger partial charge < -0.3 is 29.1 Å². The molecule has 0 radical (unpaired) electrons. The van der Waals surface area contributed by atoms with Crippen molar-refractivity contribution < 1.29 is 38.1 Å². The molecule has 4 rings (SSSR count). The Labute approximate surface area is 269 Å². The van der Waals surface area contributed by atoms with Gasteiger partial charge in [0.2, 0.25) is 0 Å². The summed E-state index contributed by atoms with van der Waals surface area (Å²) in [7, 11) is 3.33. The lowest BCUT2D eigenvalue weighted by Gasteiger charge is -2.25. The number of fused-ring (bicyclic) bond motifs is 1. The van der Waals surface area contributed by atoms with E-state index in [1.54, 1.807) is 50.7 Å². The molecule has 1 fully saturated rings. The van der Waals surface area contributed by atoms with E-state index in [0.29, 0.717) is 61.9 Å². The molecule has 0 saturated heterocycles. The van der Waals surface area contributed by atoms with Crippen LogP contribution in [0.5, 0.6) is 23.0 Å². The number of carbonyl (C=O) groups excluding carboxylic acids is 3. The summed E-state index contributed by atoms with van der Waals surface area (Å²) in [5.74, 6) is 0.803. The minimum Gasteiger partial charge on any atom is -0.496 e. The Morgan fingerprint density at radius 1 is 0.804 bits per heavy atom. The SMILES string of the molecule is C=CC(=O)OCCCCCCOc1ccc(OC(=O)C2CCC(C(=O)Oc3ccc4cc(OC)c(/C=N/NC)cc4c3)CC2)cc1. The van der Waals surface area contributed by atoms with E-state index >= 15 is 0 Å². The van der Waals surface area contributed by atoms with Crippen molar-refractivity contribution in [2.45, 2.75) is 51.4 Å². The van der Waals surface area contributed by atoms with Crippen LogP contribution in [0, 0.1) is 11.8 Å². The smallest absolute Gasteiger partial charge is 0.330 e. The Kier molecular flexibility index (Phi) is 13.0. The first kappa shape index (κ1) is 34.0. The largest absolute Gasteiger partial charge is 0.496 e. The van der Waals surface area contributed by atoms with Crippen molar-refractivity contribution >= 4 is 34.9 Å². The normalized spacial score (nSPS) is 16.0. The lowest BCUT2D eigenvalue weighted by atomic mass is 9.82. The van der Waals surface area contributed by atoms with Crippen LogP contribution in [0.2, 0.25) is 0 Å². The molecular formula is C36H42N2O8. The van der Waals surface area contributed by atoms with Gasteiger partial charge >= 0.3 is 17.9 Å². The second-order valence-corrected chi connectivity index (χ2v) is 11.1. The Bertz CT molecular complexity index is 1510. The van der Waals surface area contributed by atoms with E-state index in [9.17, 15) is 14.4 Å². The molecule has 1 aliphatic rings. The third kappa shape index (κ3) is 10.1. The Morgan fingerprint density at radius 2 is 1.41 bits per heavy atom. The standard InChI is InChI=1S/C36H42N2O8/c1-4-34(39)44-20-8-6-5-7-19-43-30-15-17-31(18-16-30)45-35(40)25-9-11-26(12-10-25)36(41)46-32-14-13-27-23-33(42-3)29(24-38-37-2)21-28(27)22-32/h4,13-18,21-26,37H,1,5-12,19-20H2,2-3H3/b38-24+. The van der Waals surface area contributed by atoms with Crippen LogP contribution >= 0.6 is 0 Å². The van der Waals surface area contributed by atoms with Crippen LogP contribution in [0.3, 0.4) is 0 Å². The van der Waals surface area contributed by atoms with Gasteiger partial charge in [0.05, 0.1) is 38.4 Å². The highest BCUT2D eigenvalue weighted by Crippen LogP contribution is 2.33. The van der Waals surface area contributed by atoms with Crippen molar-refractivity contribution in [3.63, 3.8) is 0 Å². The van der Waals surface area contributed by atoms with Gasteiger partial charge in [-0.3, -0.25) is 9.59 Å². The van der Waals surface area contributed by atoms with E-state index in [0.717, 1.165) is 48.1 Å². The summed E-state index contributed by atoms with van der Waals surface area (Å²) in [6.07, 6.45) is 8.67. The van der Waals surface area contributed by atoms with E-state index in [-0.39, 0.29) is 23.8 Å². The van der Waals surface area contributed by atoms with Crippen molar-refractivity contribution in [3.8, 4) is 23.0 Å². The summed E-state index contributed by atoms with van der Waals surface area (Å²) < 4.78 is 27.6. The lowest BCUT2D eigenvalue weighted by Crippen LogP contribution is -2.30. The number of methoxy groups -OCH3 is 1. The number of hydrazone groups is 1. The molecule has 46 heavy (non-hydrogen) atoms. The predicted octanol–water partition coefficient (Wildman–Crippen LogP) is 6.39. The van der Waals surface area contributed by atoms with Crippen molar-refractivity contribution in [2.24, 2.45) is 16.9 Å². The summed E-state index contributed by atoms with van der Waals surface area (Å²) in [6.45, 7) is 4.34. The van der Waals surface area contributed by atoms with Gasteiger partial charge in [-0.05, 0) is 111 Å². The molecule has 1 N–H and O–H groups in total. The van der Waals surface area contributed by atoms with E-state index < -0.39 is 5.97 Å². The summed E-state index contributed by atoms with van der Waals surface area (Å²) in [5, 5.41) is 5.92. The molecule has 3 aromatic rings. The summed E-state index contributed by atoms with van der Waals surface area (Å²) in [6, 6.07) is 16.4. The van der Waals surface area contributed by atoms with E-state index in [1.807, 2.05) is 24.3 Å². The van der Waals surface area contributed by atoms with Crippen LogP contribution in [0.1, 0.15) is 56.9 Å². The monoisotopic (exact) mass is 630 g/mol. The van der Waals surface area contributed by atoms with Gasteiger partial charge in [0, 0.05) is 18.7 Å². The zero-order valence-electron chi connectivity index (χ0n) is 26.5. The van der Waals surface area contributed by atoms with E-state index in [4.69, 9.17) is 23.7 Å². The first-order valence-corrected chi connectivity index (χ1v) is 15.7. The molecule has 0 bridgehead atoms. The van der Waals surface area contributed by atoms with Gasteiger partial charge in [-0.25, -0.2) is 4.79 Å². The topological polar surface area (TPSA) is 122 Å². The van der Waals surface area contributed by atoms with Crippen molar-refractivity contribution in [3.05, 3.63) is 72.8 Å². The third-order valence-corrected chi connectivity index (χ3v) is 7.87. The van der Waals surface area contributed by atoms with Crippen LogP contribution in [0.4, 0.5) is 0 Å². The quantitative estimate of drug-likeness (QED) is 0.0479. The molecule has 10 heteroatoms. The molecule has 3 aromatic carbocycles. The van der Waals surface area contributed by atoms with Crippen LogP contribution in [-0.4, -0.2) is 51.5 Å². The van der Waals surface area contributed by atoms with Crippen molar-refractivity contribution in [1.82, 2.24) is 5.43 Å². The van der Waals surface area contributed by atoms with E-state index in [1.165, 1.54) is 0 Å². The van der Waals surface area contributed by atoms with Gasteiger partial charge in [0.25, 0.3) is 0 Å². The average Bonchev–Trinajstić information content (AvgIpc) is 3.08. The predicted molar refractivity (Wildman–Crippen MR) is 175 cm³/mol. The molecular weight excluding hydrogens is 588 g/mol. The fraction of sp³-hybridized carbons (Fsp3) is 0.389. The first-order chi connectivity index (χ1) is 22.4. The van der Waals surface area contributed by atoms with Crippen LogP contribution < -0.4 is 24.4 Å². The molecule has 0 spiro atoms. The average molecular weight is 631 g/mol. The fourth-order valence-corrected chi connectivity index (χ4v) is 5.29. The molecule has 0 aliphatic heterocycles. The molecule has 0 aromatic heterocycles. The minimum absolute atomic E-state index is 0.270. The second kappa shape index (κ2) is 17.6. The van der Waals surface area contributed by atoms with Gasteiger partial charge in [-0.1, -0.05) is 12.6 Å². The Balaban J connectivity index is 1.17. The summed E-state index contributed by atoms with van der Waals surface area (Å²) >= 11 is 0. The fourth-order valence-electron chi connectivity index (χ4n) is 5.29. The van der Waals surface area contributed by atoms with Crippen molar-refractivity contribution in [2.75, 3.05) is 27.4 Å². The number of unbranched alkanes of at least 4 members (excludes halogenated alkanes) is 3. The Hall–Kier alpha value is -4.86. The van der Waals surface area contributed by atoms with Gasteiger partial charge in [-0.15, -0.1) is 0 Å². The summed E-state index contributed by atoms with van der Waals surface area (Å²) in [5.41, 5.74) is 3.53. The summed E-state index contributed by atoms with van der Waals surface area (Å²) in [4.78, 5) is 36.8. The number of benzene rings is 3. The molecule has 0 atom stereocenters. The lowest BCUT2D eigenvalue weighted by molar-refractivity contribution is -0.145. The molecule has 10 nitrogen and oxygen atoms in total. The van der Waals surface area contributed by atoms with Gasteiger partial charge in [-0.2, -0.15) is 5.10 Å². The maximum Gasteiger partial charge on any atom is 0.330 e. The molecule has 1 saturated carbocycles. The highest BCUT2D eigenvalue weighted by molar-refractivity contribution is 5.94. The highest BCUT2D eigenvalue weighted by atomic mass is 16.5. The zero-order valence-corrected chi connectivity index (χ0v) is 26.5. The number of ether oxygens (including phenoxy) is 5. The first-order valence-electron chi connectivity index (χ1n) is 15.7. The second-order valence-electron chi connectivity index (χ2n) is 11.1. The van der Waals surface area contributed by atoms with E-state index in [2.05, 4.69) is 17.1 Å². The maximum atomic E-state index is 13.0. The number of rotatable bonds is 16. The number of nitrogens with zero attached hydrogens (tertiary/aromatic N) is 1. The van der Waals surface area contributed by atoms with Crippen LogP contribution in [0.15, 0.2) is 72.4 Å². The minimum atomic E-state index is -0.394. The van der Waals surface area contributed by atoms with Gasteiger partial charge in [0.1, 0.15) is 23.0 Å². The van der Waals surface area contributed by atoms with Gasteiger partial charge in [0.15, 0.2) is 0 Å². The zero-order chi connectivity index (χ0) is 32.7. The third-order valence-electron chi connectivity index (χ3n) is 7.87. The van der Waals surface area contributed by atoms with Crippen LogP contribution in [0.25, 0.3) is 10.8 Å². The molecule has 0 amide bonds. The number of carbonyl (C=O) groups is 3. The van der Waals surface area contributed by atoms with Crippen LogP contribution in [-0.2, 0) is 19.1 Å². The molecule has 0 unspecified atom stereocenters. The number of esters is 3. The molecule has 244 valence electrons. The number of nitrogens with one attached hydrogen (secondary N) is 1. The molecule has 0 heterocycles. The maximum absolute atomic E-state index is 13.0. The Morgan fingerprint density at radius 3 is 2.04 bits per heavy atom. The number of hydrogen-bond acceptors (Lipinski definition) is 10. The highest BCUT2D eigenvalue weighted by Gasteiger charge is 2.32. The van der Waals surface area contributed by atoms with Crippen molar-refractivity contribution in [1.29, 1.82) is 0 Å². The number of hydrogen-bond donors (Lipinski definition) is 1.